The van der Waals surface area contributed by atoms with Gasteiger partial charge in [-0.25, -0.2) is 15.0 Å². The van der Waals surface area contributed by atoms with Gasteiger partial charge in [0.15, 0.2) is 0 Å². The average Bonchev–Trinajstić information content (AvgIpc) is 3.40. The molecule has 11 heteroatoms. The van der Waals surface area contributed by atoms with E-state index in [2.05, 4.69) is 25.4 Å². The van der Waals surface area contributed by atoms with Crippen LogP contribution in [0, 0.1) is 0 Å². The van der Waals surface area contributed by atoms with Crippen LogP contribution in [0.25, 0.3) is 22.8 Å². The summed E-state index contributed by atoms with van der Waals surface area (Å²) in [6, 6.07) is 8.57. The van der Waals surface area contributed by atoms with Gasteiger partial charge in [0.25, 0.3) is 0 Å². The number of hydrogen-bond acceptors (Lipinski definition) is 8. The molecular weight excluding hydrogens is 672 g/mol. The van der Waals surface area contributed by atoms with Gasteiger partial charge in [-0.3, -0.25) is 9.59 Å². The first-order valence-corrected chi connectivity index (χ1v) is 10.3. The number of nitrogens with one attached hydrogen (secondary N) is 1. The summed E-state index contributed by atoms with van der Waals surface area (Å²) in [6.07, 6.45) is 2.32. The normalized spacial score (nSPS) is 16.3. The molecule has 2 atom stereocenters. The fraction of sp³-hybridized carbons (Fsp3) is 0.364. The second-order valence-corrected chi connectivity index (χ2v) is 7.99. The van der Waals surface area contributed by atoms with Gasteiger partial charge < -0.3 is 19.6 Å². The molecule has 3 aromatic rings. The number of pyridine rings is 1. The van der Waals surface area contributed by atoms with Crippen molar-refractivity contribution in [1.82, 2.24) is 29.9 Å². The Balaban J connectivity index is 0.00000306. The Morgan fingerprint density at radius 2 is 1.88 bits per heavy atom. The molecule has 0 aliphatic carbocycles. The topological polar surface area (TPSA) is 117 Å². The molecular formula is C22H25LrN7O3. The van der Waals surface area contributed by atoms with Crippen molar-refractivity contribution in [2.75, 3.05) is 33.0 Å². The van der Waals surface area contributed by atoms with Crippen LogP contribution >= 0.6 is 0 Å². The number of hydrogen-bond donors (Lipinski definition) is 1. The Labute approximate surface area is 185 Å². The molecule has 1 radical (unpaired) electrons. The summed E-state index contributed by atoms with van der Waals surface area (Å²) in [4.78, 5) is 40.9. The molecule has 0 bridgehead atoms. The van der Waals surface area contributed by atoms with Crippen molar-refractivity contribution in [3.63, 3.8) is 0 Å². The Hall–Kier alpha value is -4.82. The van der Waals surface area contributed by atoms with Gasteiger partial charge in [0.2, 0.25) is 17.8 Å². The van der Waals surface area contributed by atoms with Gasteiger partial charge in [-0.05, 0) is 31.5 Å². The Kier molecular flexibility index (Phi) is 6.32. The molecule has 181 valence electrons. The first kappa shape index (κ1) is 22.9. The van der Waals surface area contributed by atoms with E-state index in [1.54, 1.807) is 51.3 Å². The molecule has 0 unspecified atom stereocenters. The molecule has 10 nitrogen and oxygen atoms in total. The number of amides is 2. The summed E-state index contributed by atoms with van der Waals surface area (Å²) in [6.45, 7) is 2.46. The molecule has 33 heavy (non-hydrogen) atoms. The van der Waals surface area contributed by atoms with Crippen LogP contribution in [0.1, 0.15) is 25.0 Å². The molecule has 0 aromatic carbocycles. The fourth-order valence-corrected chi connectivity index (χ4v) is 3.59. The minimum absolute atomic E-state index is 0. The maximum absolute atomic E-state index is 12.3. The minimum Gasteiger partial charge on any atom is -0.360 e. The summed E-state index contributed by atoms with van der Waals surface area (Å²) in [5.41, 5.74) is 2.40. The van der Waals surface area contributed by atoms with Crippen LogP contribution in [0.15, 0.2) is 41.1 Å². The monoisotopic (exact) mass is 697 g/mol. The molecule has 4 rings (SSSR count). The van der Waals surface area contributed by atoms with E-state index in [0.29, 0.717) is 47.4 Å². The van der Waals surface area contributed by atoms with Gasteiger partial charge in [0.05, 0.1) is 17.1 Å². The molecule has 1 N–H and O–H groups in total. The van der Waals surface area contributed by atoms with Crippen LogP contribution in [0.5, 0.6) is 0 Å². The van der Waals surface area contributed by atoms with Crippen molar-refractivity contribution in [3.05, 3.63) is 42.3 Å². The number of likely N-dealkylation sites (tertiary alicyclic amines) is 1. The number of anilines is 1. The molecule has 0 spiro atoms. The van der Waals surface area contributed by atoms with E-state index in [9.17, 15) is 9.59 Å². The Bertz CT molecular complexity index is 1150. The van der Waals surface area contributed by atoms with Crippen molar-refractivity contribution in [2.24, 2.45) is 0 Å². The quantitative estimate of drug-likeness (QED) is 0.416. The van der Waals surface area contributed by atoms with Gasteiger partial charge in [-0.1, -0.05) is 11.2 Å². The maximum atomic E-state index is 12.3. The zero-order valence-corrected chi connectivity index (χ0v) is 20.8. The predicted octanol–water partition coefficient (Wildman–Crippen LogP) is 2.03. The maximum Gasteiger partial charge on any atom is 0.244 e. The van der Waals surface area contributed by atoms with E-state index in [1.165, 1.54) is 4.90 Å². The standard InChI is InChI=1S/C22H25N7O3.Lr/c1-13(20(30)28(2)3)24-22-23-10-8-17(26-22)15-6-5-7-16(25-15)18-12-19(32-27-18)14-9-11-29(4)21(14)31;/h5-8,10,12-14H,9,11H2,1-4H3,(H,23,24,26);/t13-,14-;/m0./s1. The van der Waals surface area contributed by atoms with Crippen LogP contribution < -0.4 is 5.32 Å². The number of carbonyl (C=O) groups is 2. The van der Waals surface area contributed by atoms with E-state index in [1.807, 2.05) is 18.2 Å². The summed E-state index contributed by atoms with van der Waals surface area (Å²) in [5.74, 6) is 0.553. The van der Waals surface area contributed by atoms with Crippen molar-refractivity contribution in [3.8, 4) is 22.8 Å². The van der Waals surface area contributed by atoms with E-state index in [4.69, 9.17) is 4.52 Å². The van der Waals surface area contributed by atoms with Crippen LogP contribution in [-0.4, -0.2) is 75.5 Å². The van der Waals surface area contributed by atoms with Crippen LogP contribution in [0.3, 0.4) is 0 Å². The van der Waals surface area contributed by atoms with Crippen molar-refractivity contribution in [2.45, 2.75) is 25.3 Å². The first-order chi connectivity index (χ1) is 15.3. The second-order valence-electron chi connectivity index (χ2n) is 7.99. The number of aromatic nitrogens is 4. The third kappa shape index (κ3) is 4.60. The van der Waals surface area contributed by atoms with Gasteiger partial charge in [-0.15, -0.1) is 0 Å². The summed E-state index contributed by atoms with van der Waals surface area (Å²) in [5, 5.41) is 7.14. The fourth-order valence-electron chi connectivity index (χ4n) is 3.59. The van der Waals surface area contributed by atoms with E-state index >= 15 is 0 Å². The number of rotatable bonds is 6. The second kappa shape index (κ2) is 9.13. The van der Waals surface area contributed by atoms with E-state index < -0.39 is 6.04 Å². The third-order valence-corrected chi connectivity index (χ3v) is 5.39. The largest absolute Gasteiger partial charge is 0.360 e. The molecule has 0 saturated carbocycles. The number of carbonyl (C=O) groups excluding carboxylic acids is 2. The third-order valence-electron chi connectivity index (χ3n) is 5.39. The molecule has 1 saturated heterocycles. The first-order valence-electron chi connectivity index (χ1n) is 10.3. The van der Waals surface area contributed by atoms with E-state index in [-0.39, 0.29) is 17.7 Å². The Morgan fingerprint density at radius 1 is 1.18 bits per heavy atom. The predicted molar refractivity (Wildman–Crippen MR) is 118 cm³/mol. The minimum atomic E-state index is -0.467. The summed E-state index contributed by atoms with van der Waals surface area (Å²) in [7, 11) is 5.18. The molecule has 1 fully saturated rings. The average molecular weight is 697 g/mol. The smallest absolute Gasteiger partial charge is 0.244 e. The molecule has 3 aromatic heterocycles. The molecule has 1 aliphatic heterocycles. The molecule has 1 aliphatic rings. The van der Waals surface area contributed by atoms with Gasteiger partial charge >= 0.3 is 0 Å². The van der Waals surface area contributed by atoms with Gasteiger partial charge in [-0.2, -0.15) is 0 Å². The van der Waals surface area contributed by atoms with Gasteiger partial charge in [0.1, 0.15) is 23.4 Å². The zero-order chi connectivity index (χ0) is 22.8. The summed E-state index contributed by atoms with van der Waals surface area (Å²) >= 11 is 0. The van der Waals surface area contributed by atoms with Crippen molar-refractivity contribution < 1.29 is 14.1 Å². The van der Waals surface area contributed by atoms with E-state index in [0.717, 1.165) is 0 Å². The molecule has 2 amide bonds. The molecule has 4 heterocycles. The number of likely N-dealkylation sites (N-methyl/N-ethyl adjacent to an activating group) is 2. The van der Waals surface area contributed by atoms with Gasteiger partial charge in [0, 0.05) is 40.0 Å². The van der Waals surface area contributed by atoms with Crippen LogP contribution in [0.4, 0.5) is 5.95 Å². The summed E-state index contributed by atoms with van der Waals surface area (Å²) < 4.78 is 5.46. The number of nitrogens with zero attached hydrogens (tertiary/aromatic N) is 6. The SMILES string of the molecule is C[C@H](Nc1nccc(-c2cccc(-c3cc([C@@H]4CCN(C)C4=O)on3)n2)n1)C(=O)N(C)C.[Lr]. The van der Waals surface area contributed by atoms with Crippen LogP contribution in [0.2, 0.25) is 0 Å². The van der Waals surface area contributed by atoms with Crippen molar-refractivity contribution >= 4 is 17.8 Å². The van der Waals surface area contributed by atoms with Crippen molar-refractivity contribution in [1.29, 1.82) is 0 Å². The van der Waals surface area contributed by atoms with Crippen LogP contribution in [-0.2, 0) is 9.59 Å². The Morgan fingerprint density at radius 3 is 2.55 bits per heavy atom. The zero-order valence-electron chi connectivity index (χ0n) is 18.7.